The third kappa shape index (κ3) is 20.6. The van der Waals surface area contributed by atoms with Crippen molar-refractivity contribution in [3.8, 4) is 0 Å². The average molecular weight is 945 g/mol. The number of fused-ring (bicyclic) bond motifs is 2. The van der Waals surface area contributed by atoms with E-state index in [2.05, 4.69) is 80.6 Å². The van der Waals surface area contributed by atoms with Gasteiger partial charge in [-0.15, -0.1) is 0 Å². The predicted molar refractivity (Wildman–Crippen MR) is 291 cm³/mol. The van der Waals surface area contributed by atoms with E-state index in [0.29, 0.717) is 19.3 Å². The van der Waals surface area contributed by atoms with Crippen LogP contribution in [0.1, 0.15) is 238 Å². The molecular weight excluding hydrogens is 853 g/mol. The van der Waals surface area contributed by atoms with E-state index in [4.69, 9.17) is 14.2 Å². The number of rotatable bonds is 41. The lowest BCUT2D eigenvalue weighted by Gasteiger charge is -2.18. The maximum atomic E-state index is 13.2. The Bertz CT molecular complexity index is 2170. The number of ether oxygens (including phenoxy) is 3. The predicted octanol–water partition coefficient (Wildman–Crippen LogP) is 18.6. The summed E-state index contributed by atoms with van der Waals surface area (Å²) in [7, 11) is 0. The van der Waals surface area contributed by atoms with Crippen molar-refractivity contribution in [2.24, 2.45) is 0 Å². The van der Waals surface area contributed by atoms with E-state index in [0.717, 1.165) is 44.9 Å². The van der Waals surface area contributed by atoms with Crippen LogP contribution in [0.3, 0.4) is 0 Å². The summed E-state index contributed by atoms with van der Waals surface area (Å²) in [5.41, 5.74) is 1.22. The lowest BCUT2D eigenvalue weighted by molar-refractivity contribution is -0.167. The molecule has 0 heterocycles. The molecule has 0 saturated carbocycles. The van der Waals surface area contributed by atoms with Gasteiger partial charge in [0.25, 0.3) is 0 Å². The highest BCUT2D eigenvalue weighted by molar-refractivity contribution is 6.33. The molecule has 0 bridgehead atoms. The fourth-order valence-corrected chi connectivity index (χ4v) is 10.5. The van der Waals surface area contributed by atoms with Gasteiger partial charge in [0.1, 0.15) is 13.2 Å². The number of hydrogen-bond donors (Lipinski definition) is 0. The molecule has 0 saturated heterocycles. The first-order valence-corrected chi connectivity index (χ1v) is 28.6. The highest BCUT2D eigenvalue weighted by Crippen LogP contribution is 2.42. The highest BCUT2D eigenvalue weighted by Gasteiger charge is 2.20. The maximum absolute atomic E-state index is 13.2. The molecule has 1 atom stereocenters. The van der Waals surface area contributed by atoms with Crippen molar-refractivity contribution in [2.45, 2.75) is 245 Å². The Hall–Kier alpha value is -4.19. The zero-order valence-electron chi connectivity index (χ0n) is 43.5. The lowest BCUT2D eigenvalue weighted by atomic mass is 9.87. The molecular formula is C63H92O6. The van der Waals surface area contributed by atoms with E-state index in [1.165, 1.54) is 203 Å². The van der Waals surface area contributed by atoms with Crippen LogP contribution in [0.15, 0.2) is 66.7 Å². The summed E-state index contributed by atoms with van der Waals surface area (Å²) < 4.78 is 17.2. The molecule has 0 radical (unpaired) electrons. The van der Waals surface area contributed by atoms with Gasteiger partial charge < -0.3 is 14.2 Å². The van der Waals surface area contributed by atoms with E-state index in [-0.39, 0.29) is 37.5 Å². The van der Waals surface area contributed by atoms with Crippen LogP contribution in [-0.4, -0.2) is 37.2 Å². The first-order valence-electron chi connectivity index (χ1n) is 28.6. The molecule has 0 aromatic heterocycles. The Labute approximate surface area is 418 Å². The monoisotopic (exact) mass is 945 g/mol. The molecule has 0 N–H and O–H groups in total. The summed E-state index contributed by atoms with van der Waals surface area (Å²) in [6.07, 6.45) is 39.4. The van der Waals surface area contributed by atoms with Crippen LogP contribution >= 0.6 is 0 Å². The third-order valence-corrected chi connectivity index (χ3v) is 14.6. The number of aryl methyl sites for hydroxylation is 1. The Morgan fingerprint density at radius 3 is 1.17 bits per heavy atom. The second-order valence-corrected chi connectivity index (χ2v) is 20.4. The fraction of sp³-hybridized carbons (Fsp3) is 0.635. The van der Waals surface area contributed by atoms with Gasteiger partial charge >= 0.3 is 17.9 Å². The quantitative estimate of drug-likeness (QED) is 0.0128. The molecule has 1 unspecified atom stereocenters. The molecule has 0 aliphatic carbocycles. The van der Waals surface area contributed by atoms with Gasteiger partial charge in [-0.05, 0) is 74.3 Å². The zero-order chi connectivity index (χ0) is 48.6. The normalized spacial score (nSPS) is 12.1. The summed E-state index contributed by atoms with van der Waals surface area (Å²) in [6.45, 7) is 4.31. The van der Waals surface area contributed by atoms with Gasteiger partial charge in [0.15, 0.2) is 6.10 Å². The summed E-state index contributed by atoms with van der Waals surface area (Å²) in [5.74, 6) is -0.962. The minimum Gasteiger partial charge on any atom is -0.462 e. The summed E-state index contributed by atoms with van der Waals surface area (Å²) in [5, 5.41) is 10.0. The number of unbranched alkanes of at least 4 members (excludes halogenated alkanes) is 28. The summed E-state index contributed by atoms with van der Waals surface area (Å²) >= 11 is 0. The highest BCUT2D eigenvalue weighted by atomic mass is 16.6. The van der Waals surface area contributed by atoms with Gasteiger partial charge in [0, 0.05) is 19.3 Å². The Kier molecular flexibility index (Phi) is 27.6. The molecule has 6 nitrogen and oxygen atoms in total. The molecule has 380 valence electrons. The Balaban J connectivity index is 1.01. The minimum absolute atomic E-state index is 0.106. The molecule has 5 aromatic carbocycles. The minimum atomic E-state index is -0.827. The van der Waals surface area contributed by atoms with Crippen molar-refractivity contribution in [1.82, 2.24) is 0 Å². The van der Waals surface area contributed by atoms with Gasteiger partial charge in [-0.3, -0.25) is 14.4 Å². The van der Waals surface area contributed by atoms with Gasteiger partial charge in [-0.2, -0.15) is 0 Å². The van der Waals surface area contributed by atoms with Crippen LogP contribution in [0.5, 0.6) is 0 Å². The van der Waals surface area contributed by atoms with Gasteiger partial charge in [-0.25, -0.2) is 0 Å². The molecule has 5 aromatic rings. The average Bonchev–Trinajstić information content (AvgIpc) is 3.36. The van der Waals surface area contributed by atoms with Crippen molar-refractivity contribution < 1.29 is 28.6 Å². The molecule has 0 amide bonds. The van der Waals surface area contributed by atoms with Crippen molar-refractivity contribution in [3.05, 3.63) is 72.3 Å². The number of benzene rings is 5. The largest absolute Gasteiger partial charge is 0.462 e. The van der Waals surface area contributed by atoms with Crippen LogP contribution < -0.4 is 0 Å². The maximum Gasteiger partial charge on any atom is 0.306 e. The lowest BCUT2D eigenvalue weighted by Crippen LogP contribution is -2.30. The molecule has 0 fully saturated rings. The topological polar surface area (TPSA) is 78.9 Å². The SMILES string of the molecule is CCCCCCCCCCCCCCCCCC(=O)OCC(COC(=O)CCCc1ccc2cccc3c4cccc5cccc(c1c23)c54)OC(=O)CCCCCCCCCCCCCCCCC. The molecule has 0 spiro atoms. The van der Waals surface area contributed by atoms with Crippen molar-refractivity contribution in [1.29, 1.82) is 0 Å². The van der Waals surface area contributed by atoms with Crippen molar-refractivity contribution in [3.63, 3.8) is 0 Å². The van der Waals surface area contributed by atoms with E-state index < -0.39 is 6.10 Å². The molecule has 0 aliphatic rings. The Morgan fingerprint density at radius 1 is 0.362 bits per heavy atom. The molecule has 69 heavy (non-hydrogen) atoms. The van der Waals surface area contributed by atoms with E-state index in [9.17, 15) is 14.4 Å². The van der Waals surface area contributed by atoms with E-state index in [1.54, 1.807) is 0 Å². The van der Waals surface area contributed by atoms with E-state index >= 15 is 0 Å². The van der Waals surface area contributed by atoms with Crippen LogP contribution in [0.25, 0.3) is 43.1 Å². The number of hydrogen-bond acceptors (Lipinski definition) is 6. The molecule has 6 heteroatoms. The Morgan fingerprint density at radius 2 is 0.725 bits per heavy atom. The molecule has 5 rings (SSSR count). The summed E-state index contributed by atoms with van der Waals surface area (Å²) in [4.78, 5) is 39.1. The molecule has 0 aliphatic heterocycles. The van der Waals surface area contributed by atoms with Crippen molar-refractivity contribution >= 4 is 61.0 Å². The van der Waals surface area contributed by atoms with Gasteiger partial charge in [0.2, 0.25) is 0 Å². The van der Waals surface area contributed by atoms with Crippen LogP contribution in [0.2, 0.25) is 0 Å². The smallest absolute Gasteiger partial charge is 0.306 e. The van der Waals surface area contributed by atoms with Crippen LogP contribution in [-0.2, 0) is 35.0 Å². The number of esters is 3. The second-order valence-electron chi connectivity index (χ2n) is 20.4. The third-order valence-electron chi connectivity index (χ3n) is 14.6. The standard InChI is InChI=1S/C63H92O6/c1-3-5-7-9-11-13-15-17-19-21-23-25-27-29-31-44-58(64)67-49-54(69-60(66)45-32-30-28-26-24-22-20-18-16-14-12-10-8-6-4-2)50-68-59(65)46-36-40-53-48-47-52-39-34-42-56-55-41-33-37-51-38-35-43-57(61(51)55)63(53)62(52)56/h33-35,37-39,41-43,47-48,54H,3-32,36,40,44-46,49-50H2,1-2H3. The number of carbonyl (C=O) groups excluding carboxylic acids is 3. The first-order chi connectivity index (χ1) is 34.0. The van der Waals surface area contributed by atoms with Gasteiger partial charge in [-0.1, -0.05) is 260 Å². The summed E-state index contributed by atoms with van der Waals surface area (Å²) in [6, 6.07) is 24.0. The van der Waals surface area contributed by atoms with Gasteiger partial charge in [0.05, 0.1) is 0 Å². The fourth-order valence-electron chi connectivity index (χ4n) is 10.5. The van der Waals surface area contributed by atoms with Crippen LogP contribution in [0.4, 0.5) is 0 Å². The van der Waals surface area contributed by atoms with E-state index in [1.807, 2.05) is 0 Å². The van der Waals surface area contributed by atoms with Crippen LogP contribution in [0, 0.1) is 0 Å². The second kappa shape index (κ2) is 34.2. The zero-order valence-corrected chi connectivity index (χ0v) is 43.5. The first kappa shape index (κ1) is 55.7. The van der Waals surface area contributed by atoms with Crippen molar-refractivity contribution in [2.75, 3.05) is 13.2 Å². The number of carbonyl (C=O) groups is 3.